The first-order valence-corrected chi connectivity index (χ1v) is 12.4. The topological polar surface area (TPSA) is 105 Å². The fraction of sp³-hybridized carbons (Fsp3) is 0.111. The second kappa shape index (κ2) is 11.8. The number of para-hydroxylation sites is 1. The minimum Gasteiger partial charge on any atom is -0.482 e. The molecule has 0 saturated carbocycles. The fourth-order valence-corrected chi connectivity index (χ4v) is 4.52. The average Bonchev–Trinajstić information content (AvgIpc) is 3.11. The van der Waals surface area contributed by atoms with Gasteiger partial charge in [-0.25, -0.2) is 0 Å². The summed E-state index contributed by atoms with van der Waals surface area (Å²) >= 11 is 7.04. The van der Waals surface area contributed by atoms with Crippen molar-refractivity contribution in [2.45, 2.75) is 6.92 Å². The molecule has 10 heteroatoms. The number of nitrogens with one attached hydrogen (secondary N) is 2. The number of anilines is 2. The van der Waals surface area contributed by atoms with Gasteiger partial charge >= 0.3 is 0 Å². The highest BCUT2D eigenvalue weighted by Gasteiger charge is 2.36. The number of imide groups is 1. The number of thioether (sulfide) groups is 1. The third-order valence-corrected chi connectivity index (χ3v) is 6.35. The van der Waals surface area contributed by atoms with Crippen LogP contribution in [0.25, 0.3) is 6.08 Å². The highest BCUT2D eigenvalue weighted by atomic mass is 35.5. The Morgan fingerprint density at radius 1 is 0.946 bits per heavy atom. The first-order chi connectivity index (χ1) is 17.8. The van der Waals surface area contributed by atoms with E-state index < -0.39 is 23.6 Å². The zero-order valence-electron chi connectivity index (χ0n) is 19.7. The van der Waals surface area contributed by atoms with Gasteiger partial charge in [-0.15, -0.1) is 0 Å². The third-order valence-electron chi connectivity index (χ3n) is 5.15. The van der Waals surface area contributed by atoms with E-state index >= 15 is 0 Å². The maximum atomic E-state index is 12.8. The number of amides is 4. The second-order valence-corrected chi connectivity index (χ2v) is 9.48. The first kappa shape index (κ1) is 26.0. The summed E-state index contributed by atoms with van der Waals surface area (Å²) in [6.45, 7) is 1.26. The van der Waals surface area contributed by atoms with Crippen LogP contribution in [0.4, 0.5) is 16.2 Å². The van der Waals surface area contributed by atoms with Gasteiger partial charge in [-0.05, 0) is 72.3 Å². The van der Waals surface area contributed by atoms with E-state index in [0.29, 0.717) is 22.7 Å². The van der Waals surface area contributed by atoms with Crippen LogP contribution in [0.15, 0.2) is 77.7 Å². The molecular formula is C27H22ClN3O5S. The molecule has 1 heterocycles. The molecule has 1 saturated heterocycles. The number of rotatable bonds is 8. The van der Waals surface area contributed by atoms with Crippen LogP contribution in [0.1, 0.15) is 11.1 Å². The SMILES string of the molecule is Cc1cccc(NC(=O)CN2C(=O)SC(=Cc3ccc(OCC(=O)Nc4ccccc4)c(Cl)c3)C2=O)c1. The van der Waals surface area contributed by atoms with Crippen molar-refractivity contribution < 1.29 is 23.9 Å². The van der Waals surface area contributed by atoms with Crippen molar-refractivity contribution >= 4 is 63.8 Å². The molecule has 3 aromatic carbocycles. The molecule has 1 aliphatic heterocycles. The largest absolute Gasteiger partial charge is 0.482 e. The van der Waals surface area contributed by atoms with Gasteiger partial charge in [0.05, 0.1) is 9.93 Å². The molecule has 0 spiro atoms. The van der Waals surface area contributed by atoms with E-state index in [2.05, 4.69) is 10.6 Å². The molecule has 0 aliphatic carbocycles. The number of nitrogens with zero attached hydrogens (tertiary/aromatic N) is 1. The molecular weight excluding hydrogens is 514 g/mol. The van der Waals surface area contributed by atoms with Crippen molar-refractivity contribution in [3.05, 3.63) is 93.9 Å². The van der Waals surface area contributed by atoms with Crippen LogP contribution in [-0.2, 0) is 14.4 Å². The van der Waals surface area contributed by atoms with Gasteiger partial charge in [0.2, 0.25) is 5.91 Å². The number of hydrogen-bond acceptors (Lipinski definition) is 6. The van der Waals surface area contributed by atoms with Gasteiger partial charge in [-0.2, -0.15) is 0 Å². The summed E-state index contributed by atoms with van der Waals surface area (Å²) < 4.78 is 5.51. The van der Waals surface area contributed by atoms with Gasteiger partial charge in [0.1, 0.15) is 12.3 Å². The summed E-state index contributed by atoms with van der Waals surface area (Å²) in [4.78, 5) is 50.7. The van der Waals surface area contributed by atoms with Gasteiger partial charge < -0.3 is 15.4 Å². The summed E-state index contributed by atoms with van der Waals surface area (Å²) in [6.07, 6.45) is 1.52. The van der Waals surface area contributed by atoms with Crippen LogP contribution < -0.4 is 15.4 Å². The van der Waals surface area contributed by atoms with Crippen LogP contribution in [0.3, 0.4) is 0 Å². The maximum absolute atomic E-state index is 12.8. The molecule has 1 fully saturated rings. The maximum Gasteiger partial charge on any atom is 0.294 e. The zero-order chi connectivity index (χ0) is 26.4. The molecule has 0 atom stereocenters. The molecule has 3 aromatic rings. The van der Waals surface area contributed by atoms with E-state index in [-0.39, 0.29) is 22.4 Å². The van der Waals surface area contributed by atoms with E-state index in [1.54, 1.807) is 60.7 Å². The standard InChI is InChI=1S/C27H22ClN3O5S/c1-17-6-5-9-20(12-17)30-24(32)15-31-26(34)23(37-27(31)35)14-18-10-11-22(21(28)13-18)36-16-25(33)29-19-7-3-2-4-8-19/h2-14H,15-16H2,1H3,(H,29,33)(H,30,32). The summed E-state index contributed by atoms with van der Waals surface area (Å²) in [7, 11) is 0. The Hall–Kier alpha value is -4.08. The minimum atomic E-state index is -0.566. The predicted octanol–water partition coefficient (Wildman–Crippen LogP) is 5.34. The number of benzene rings is 3. The lowest BCUT2D eigenvalue weighted by Crippen LogP contribution is -2.36. The Kier molecular flexibility index (Phi) is 8.27. The van der Waals surface area contributed by atoms with Crippen LogP contribution >= 0.6 is 23.4 Å². The van der Waals surface area contributed by atoms with E-state index in [0.717, 1.165) is 22.2 Å². The Labute approximate surface area is 222 Å². The number of carbonyl (C=O) groups excluding carboxylic acids is 4. The molecule has 1 aliphatic rings. The van der Waals surface area contributed by atoms with Crippen LogP contribution in [0, 0.1) is 6.92 Å². The van der Waals surface area contributed by atoms with Crippen molar-refractivity contribution in [3.63, 3.8) is 0 Å². The number of halogens is 1. The highest BCUT2D eigenvalue weighted by molar-refractivity contribution is 8.18. The average molecular weight is 536 g/mol. The van der Waals surface area contributed by atoms with E-state index in [4.69, 9.17) is 16.3 Å². The van der Waals surface area contributed by atoms with Gasteiger partial charge in [0, 0.05) is 11.4 Å². The predicted molar refractivity (Wildman–Crippen MR) is 145 cm³/mol. The number of carbonyl (C=O) groups is 4. The lowest BCUT2D eigenvalue weighted by molar-refractivity contribution is -0.127. The summed E-state index contributed by atoms with van der Waals surface area (Å²) in [5.74, 6) is -1.09. The lowest BCUT2D eigenvalue weighted by atomic mass is 10.2. The third kappa shape index (κ3) is 6.99. The van der Waals surface area contributed by atoms with E-state index in [9.17, 15) is 19.2 Å². The van der Waals surface area contributed by atoms with Crippen LogP contribution in [0.5, 0.6) is 5.75 Å². The van der Waals surface area contributed by atoms with Gasteiger partial charge in [0.25, 0.3) is 17.1 Å². The van der Waals surface area contributed by atoms with E-state index in [1.165, 1.54) is 6.08 Å². The molecule has 37 heavy (non-hydrogen) atoms. The molecule has 188 valence electrons. The molecule has 4 rings (SSSR count). The molecule has 2 N–H and O–H groups in total. The molecule has 8 nitrogen and oxygen atoms in total. The normalized spacial score (nSPS) is 14.1. The quantitative estimate of drug-likeness (QED) is 0.377. The van der Waals surface area contributed by atoms with Crippen molar-refractivity contribution in [1.82, 2.24) is 4.90 Å². The highest BCUT2D eigenvalue weighted by Crippen LogP contribution is 2.33. The van der Waals surface area contributed by atoms with Gasteiger partial charge in [-0.1, -0.05) is 48.0 Å². The van der Waals surface area contributed by atoms with Crippen molar-refractivity contribution in [3.8, 4) is 5.75 Å². The van der Waals surface area contributed by atoms with Crippen molar-refractivity contribution in [2.24, 2.45) is 0 Å². The number of aryl methyl sites for hydroxylation is 1. The van der Waals surface area contributed by atoms with Crippen molar-refractivity contribution in [1.29, 1.82) is 0 Å². The van der Waals surface area contributed by atoms with Gasteiger partial charge in [0.15, 0.2) is 6.61 Å². The molecule has 0 bridgehead atoms. The Morgan fingerprint density at radius 2 is 1.68 bits per heavy atom. The molecule has 0 aromatic heterocycles. The summed E-state index contributed by atoms with van der Waals surface area (Å²) in [5, 5.41) is 5.10. The lowest BCUT2D eigenvalue weighted by Gasteiger charge is -2.12. The van der Waals surface area contributed by atoms with Crippen LogP contribution in [0.2, 0.25) is 5.02 Å². The molecule has 4 amide bonds. The molecule has 0 unspecified atom stereocenters. The second-order valence-electron chi connectivity index (χ2n) is 8.08. The van der Waals surface area contributed by atoms with Gasteiger partial charge in [-0.3, -0.25) is 24.1 Å². The van der Waals surface area contributed by atoms with Crippen LogP contribution in [-0.4, -0.2) is 41.0 Å². The Balaban J connectivity index is 1.35. The fourth-order valence-electron chi connectivity index (χ4n) is 3.44. The van der Waals surface area contributed by atoms with Crippen molar-refractivity contribution in [2.75, 3.05) is 23.8 Å². The number of hydrogen-bond donors (Lipinski definition) is 2. The Morgan fingerprint density at radius 3 is 2.41 bits per heavy atom. The van der Waals surface area contributed by atoms with E-state index in [1.807, 2.05) is 19.1 Å². The monoisotopic (exact) mass is 535 g/mol. The molecule has 0 radical (unpaired) electrons. The zero-order valence-corrected chi connectivity index (χ0v) is 21.3. The summed E-state index contributed by atoms with van der Waals surface area (Å²) in [6, 6.07) is 21.0. The summed E-state index contributed by atoms with van der Waals surface area (Å²) in [5.41, 5.74) is 2.76. The number of ether oxygens (including phenoxy) is 1. The smallest absolute Gasteiger partial charge is 0.294 e. The first-order valence-electron chi connectivity index (χ1n) is 11.2. The minimum absolute atomic E-state index is 0.167. The Bertz CT molecular complexity index is 1390.